The molecule has 194 valence electrons. The summed E-state index contributed by atoms with van der Waals surface area (Å²) >= 11 is 3.30. The monoisotopic (exact) mass is 584 g/mol. The van der Waals surface area contributed by atoms with Gasteiger partial charge in [0.25, 0.3) is 6.43 Å². The maximum absolute atomic E-state index is 14.0. The number of nitrogens with zero attached hydrogens (tertiary/aromatic N) is 2. The van der Waals surface area contributed by atoms with Gasteiger partial charge < -0.3 is 20.2 Å². The van der Waals surface area contributed by atoms with E-state index in [2.05, 4.69) is 26.0 Å². The van der Waals surface area contributed by atoms with Gasteiger partial charge in [-0.3, -0.25) is 4.79 Å². The number of nitrogen functional groups attached to an aromatic ring is 1. The zero-order valence-electron chi connectivity index (χ0n) is 19.8. The van der Waals surface area contributed by atoms with Crippen LogP contribution in [0.2, 0.25) is 0 Å². The van der Waals surface area contributed by atoms with E-state index in [0.29, 0.717) is 32.4 Å². The number of rotatable bonds is 8. The number of hydrogen-bond donors (Lipinski definition) is 2. The third-order valence-electron chi connectivity index (χ3n) is 5.79. The third kappa shape index (κ3) is 4.97. The van der Waals surface area contributed by atoms with Gasteiger partial charge in [0.2, 0.25) is 5.78 Å². The second-order valence-corrected chi connectivity index (χ2v) is 9.28. The number of anilines is 1. The van der Waals surface area contributed by atoms with E-state index >= 15 is 0 Å². The quantitative estimate of drug-likeness (QED) is 0.195. The molecule has 5 aromatic rings. The fraction of sp³-hybridized carbons (Fsp3) is 0.111. The predicted octanol–water partition coefficient (Wildman–Crippen LogP) is 6.81. The van der Waals surface area contributed by atoms with Crippen molar-refractivity contribution in [3.05, 3.63) is 94.0 Å². The van der Waals surface area contributed by atoms with Gasteiger partial charge in [0.1, 0.15) is 23.9 Å². The first-order valence-corrected chi connectivity index (χ1v) is 12.2. The van der Waals surface area contributed by atoms with E-state index in [0.717, 1.165) is 0 Å². The molecule has 0 amide bonds. The summed E-state index contributed by atoms with van der Waals surface area (Å²) in [4.78, 5) is 16.3. The zero-order valence-corrected chi connectivity index (χ0v) is 21.4. The molecule has 3 aromatic carbocycles. The molecule has 7 nitrogen and oxygen atoms in total. The van der Waals surface area contributed by atoms with Crippen LogP contribution in [0.1, 0.15) is 21.6 Å². The highest BCUT2D eigenvalue weighted by atomic mass is 79.9. The third-order valence-corrected chi connectivity index (χ3v) is 6.41. The molecular formula is C27H20BrF3N4O3. The number of alkyl halides is 2. The fourth-order valence-electron chi connectivity index (χ4n) is 3.93. The SMILES string of the molecule is Cc1cc(-n2ncc(C(=O)c3cc4cc(OCC(F)F)c(Br)cc4[nH]3)c2N)ccc1Oc1ccccc1F. The van der Waals surface area contributed by atoms with Gasteiger partial charge in [-0.1, -0.05) is 12.1 Å². The number of carbonyl (C=O) groups is 1. The summed E-state index contributed by atoms with van der Waals surface area (Å²) in [6, 6.07) is 16.0. The van der Waals surface area contributed by atoms with E-state index in [4.69, 9.17) is 15.2 Å². The van der Waals surface area contributed by atoms with E-state index in [1.807, 2.05) is 0 Å². The van der Waals surface area contributed by atoms with E-state index in [-0.39, 0.29) is 28.6 Å². The Kier molecular flexibility index (Phi) is 6.85. The van der Waals surface area contributed by atoms with E-state index in [1.54, 1.807) is 55.5 Å². The first kappa shape index (κ1) is 25.4. The Morgan fingerprint density at radius 1 is 1.11 bits per heavy atom. The van der Waals surface area contributed by atoms with Gasteiger partial charge in [-0.25, -0.2) is 17.9 Å². The van der Waals surface area contributed by atoms with Crippen LogP contribution in [-0.2, 0) is 0 Å². The van der Waals surface area contributed by atoms with Gasteiger partial charge in [-0.2, -0.15) is 5.10 Å². The number of H-pyrrole nitrogens is 1. The number of nitrogens with one attached hydrogen (secondary N) is 1. The number of aromatic nitrogens is 3. The van der Waals surface area contributed by atoms with Crippen molar-refractivity contribution in [2.24, 2.45) is 0 Å². The molecule has 0 aliphatic carbocycles. The van der Waals surface area contributed by atoms with E-state index < -0.39 is 24.6 Å². The first-order chi connectivity index (χ1) is 18.2. The Bertz CT molecular complexity index is 1670. The minimum atomic E-state index is -2.61. The van der Waals surface area contributed by atoms with Crippen molar-refractivity contribution in [3.8, 4) is 22.9 Å². The number of carbonyl (C=O) groups excluding carboxylic acids is 1. The Balaban J connectivity index is 1.40. The maximum Gasteiger partial charge on any atom is 0.272 e. The van der Waals surface area contributed by atoms with Crippen molar-refractivity contribution in [1.82, 2.24) is 14.8 Å². The number of aromatic amines is 1. The summed E-state index contributed by atoms with van der Waals surface area (Å²) < 4.78 is 51.8. The highest BCUT2D eigenvalue weighted by Crippen LogP contribution is 2.33. The van der Waals surface area contributed by atoms with Crippen LogP contribution < -0.4 is 15.2 Å². The minimum absolute atomic E-state index is 0.105. The molecule has 0 saturated heterocycles. The van der Waals surface area contributed by atoms with Crippen molar-refractivity contribution in [2.45, 2.75) is 13.3 Å². The van der Waals surface area contributed by atoms with Gasteiger partial charge in [0.15, 0.2) is 11.6 Å². The number of halogens is 4. The van der Waals surface area contributed by atoms with Crippen molar-refractivity contribution in [1.29, 1.82) is 0 Å². The summed E-state index contributed by atoms with van der Waals surface area (Å²) in [5.41, 5.74) is 8.62. The van der Waals surface area contributed by atoms with Gasteiger partial charge in [0.05, 0.1) is 27.6 Å². The van der Waals surface area contributed by atoms with Crippen molar-refractivity contribution in [3.63, 3.8) is 0 Å². The summed E-state index contributed by atoms with van der Waals surface area (Å²) in [5, 5.41) is 4.89. The molecule has 0 radical (unpaired) electrons. The number of benzene rings is 3. The van der Waals surface area contributed by atoms with Crippen molar-refractivity contribution < 1.29 is 27.4 Å². The van der Waals surface area contributed by atoms with Crippen molar-refractivity contribution in [2.75, 3.05) is 12.3 Å². The lowest BCUT2D eigenvalue weighted by Crippen LogP contribution is -2.07. The highest BCUT2D eigenvalue weighted by Gasteiger charge is 2.21. The summed E-state index contributed by atoms with van der Waals surface area (Å²) in [7, 11) is 0. The lowest BCUT2D eigenvalue weighted by Gasteiger charge is -2.12. The molecule has 2 aromatic heterocycles. The van der Waals surface area contributed by atoms with Crippen LogP contribution in [0, 0.1) is 12.7 Å². The van der Waals surface area contributed by atoms with Crippen LogP contribution >= 0.6 is 15.9 Å². The van der Waals surface area contributed by atoms with Gasteiger partial charge in [-0.05, 0) is 76.9 Å². The molecule has 0 aliphatic heterocycles. The molecular weight excluding hydrogens is 565 g/mol. The van der Waals surface area contributed by atoms with E-state index in [1.165, 1.54) is 23.0 Å². The molecule has 2 heterocycles. The van der Waals surface area contributed by atoms with Gasteiger partial charge in [-0.15, -0.1) is 0 Å². The average Bonchev–Trinajstić information content (AvgIpc) is 3.47. The molecule has 5 rings (SSSR count). The molecule has 0 fully saturated rings. The molecule has 0 unspecified atom stereocenters. The normalized spacial score (nSPS) is 11.3. The van der Waals surface area contributed by atoms with Crippen LogP contribution in [0.3, 0.4) is 0 Å². The second-order valence-electron chi connectivity index (χ2n) is 8.42. The molecule has 3 N–H and O–H groups in total. The molecule has 0 atom stereocenters. The largest absolute Gasteiger partial charge is 0.486 e. The smallest absolute Gasteiger partial charge is 0.272 e. The maximum atomic E-state index is 14.0. The number of ether oxygens (including phenoxy) is 2. The Morgan fingerprint density at radius 3 is 2.63 bits per heavy atom. The van der Waals surface area contributed by atoms with Crippen LogP contribution in [0.4, 0.5) is 19.0 Å². The average molecular weight is 585 g/mol. The summed E-state index contributed by atoms with van der Waals surface area (Å²) in [6.07, 6.45) is -1.24. The standard InChI is InChI=1S/C27H20BrF3N4O3/c1-14-8-16(6-7-22(14)38-23-5-3-2-4-19(23)29)35-27(32)17(12-33-35)26(36)21-9-15-10-24(37-13-25(30)31)18(28)11-20(15)34-21/h2-12,25,34H,13,32H2,1H3. The summed E-state index contributed by atoms with van der Waals surface area (Å²) in [5.74, 6) is 0.0536. The number of hydrogen-bond acceptors (Lipinski definition) is 5. The Morgan fingerprint density at radius 2 is 1.89 bits per heavy atom. The minimum Gasteiger partial charge on any atom is -0.486 e. The second kappa shape index (κ2) is 10.3. The van der Waals surface area contributed by atoms with E-state index in [9.17, 15) is 18.0 Å². The Hall–Kier alpha value is -4.25. The van der Waals surface area contributed by atoms with Gasteiger partial charge >= 0.3 is 0 Å². The summed E-state index contributed by atoms with van der Waals surface area (Å²) in [6.45, 7) is 1.05. The van der Waals surface area contributed by atoms with Crippen LogP contribution in [0.25, 0.3) is 16.6 Å². The van der Waals surface area contributed by atoms with Crippen LogP contribution in [0.5, 0.6) is 17.2 Å². The molecule has 0 spiro atoms. The number of aryl methyl sites for hydroxylation is 1. The van der Waals surface area contributed by atoms with Crippen LogP contribution in [-0.4, -0.2) is 33.6 Å². The van der Waals surface area contributed by atoms with Crippen molar-refractivity contribution >= 4 is 38.4 Å². The lowest BCUT2D eigenvalue weighted by atomic mass is 10.1. The number of para-hydroxylation sites is 1. The molecule has 0 bridgehead atoms. The number of nitrogens with two attached hydrogens (primary N) is 1. The lowest BCUT2D eigenvalue weighted by molar-refractivity contribution is 0.0816. The first-order valence-electron chi connectivity index (χ1n) is 11.4. The van der Waals surface area contributed by atoms with Crippen LogP contribution in [0.15, 0.2) is 71.3 Å². The topological polar surface area (TPSA) is 95.2 Å². The fourth-order valence-corrected chi connectivity index (χ4v) is 4.39. The zero-order chi connectivity index (χ0) is 27.0. The van der Waals surface area contributed by atoms with Gasteiger partial charge in [0, 0.05) is 10.9 Å². The molecule has 11 heteroatoms. The number of ketones is 1. The highest BCUT2D eigenvalue weighted by molar-refractivity contribution is 9.10. The Labute approximate surface area is 223 Å². The molecule has 38 heavy (non-hydrogen) atoms. The molecule has 0 aliphatic rings. The predicted molar refractivity (Wildman–Crippen MR) is 140 cm³/mol. The molecule has 0 saturated carbocycles. The number of fused-ring (bicyclic) bond motifs is 1.